The Kier molecular flexibility index (Phi) is 7.45. The summed E-state index contributed by atoms with van der Waals surface area (Å²) in [7, 11) is 0. The lowest BCUT2D eigenvalue weighted by molar-refractivity contribution is 0.0935. The molecular weight excluding hydrogens is 428 g/mol. The van der Waals surface area contributed by atoms with Crippen LogP contribution in [0.15, 0.2) is 89.5 Å². The van der Waals surface area contributed by atoms with E-state index in [1.165, 1.54) is 0 Å². The van der Waals surface area contributed by atoms with Gasteiger partial charge in [0.05, 0.1) is 0 Å². The standard InChI is InChI=1S/C27H26N4O3/c1-19(20-8-4-2-5-9-20)18-29-27(33)25-30-24(34-31-25)16-17-28-26(32)23-14-12-22(13-15-23)21-10-6-3-7-11-21/h2-15,19H,16-18H2,1H3,(H,28,32)(H,29,33). The van der Waals surface area contributed by atoms with E-state index in [-0.39, 0.29) is 23.6 Å². The van der Waals surface area contributed by atoms with Crippen molar-refractivity contribution in [2.45, 2.75) is 19.3 Å². The third-order valence-corrected chi connectivity index (χ3v) is 5.49. The van der Waals surface area contributed by atoms with Gasteiger partial charge in [-0.25, -0.2) is 0 Å². The molecular formula is C27H26N4O3. The third kappa shape index (κ3) is 5.95. The number of carbonyl (C=O) groups is 2. The van der Waals surface area contributed by atoms with E-state index in [0.29, 0.717) is 31.0 Å². The maximum Gasteiger partial charge on any atom is 0.292 e. The van der Waals surface area contributed by atoms with Gasteiger partial charge in [-0.1, -0.05) is 84.9 Å². The zero-order valence-electron chi connectivity index (χ0n) is 18.9. The van der Waals surface area contributed by atoms with Gasteiger partial charge in [0.25, 0.3) is 17.6 Å². The minimum absolute atomic E-state index is 0.0157. The number of hydrogen-bond acceptors (Lipinski definition) is 5. The quantitative estimate of drug-likeness (QED) is 0.394. The zero-order chi connectivity index (χ0) is 23.8. The van der Waals surface area contributed by atoms with Gasteiger partial charge in [-0.15, -0.1) is 0 Å². The van der Waals surface area contributed by atoms with Crippen LogP contribution in [0.1, 0.15) is 45.3 Å². The van der Waals surface area contributed by atoms with Crippen molar-refractivity contribution in [3.63, 3.8) is 0 Å². The Hall–Kier alpha value is -4.26. The highest BCUT2D eigenvalue weighted by molar-refractivity contribution is 5.94. The molecule has 1 aromatic heterocycles. The summed E-state index contributed by atoms with van der Waals surface area (Å²) in [6, 6.07) is 27.4. The van der Waals surface area contributed by atoms with Crippen LogP contribution in [-0.2, 0) is 6.42 Å². The van der Waals surface area contributed by atoms with Crippen LogP contribution in [0.2, 0.25) is 0 Å². The normalized spacial score (nSPS) is 11.6. The molecule has 0 fully saturated rings. The van der Waals surface area contributed by atoms with Crippen molar-refractivity contribution in [3.05, 3.63) is 108 Å². The third-order valence-electron chi connectivity index (χ3n) is 5.49. The zero-order valence-corrected chi connectivity index (χ0v) is 18.9. The molecule has 0 spiro atoms. The number of aromatic nitrogens is 2. The van der Waals surface area contributed by atoms with E-state index in [2.05, 4.69) is 20.8 Å². The molecule has 0 saturated heterocycles. The fourth-order valence-corrected chi connectivity index (χ4v) is 3.50. The molecule has 2 N–H and O–H groups in total. The SMILES string of the molecule is CC(CNC(=O)c1noc(CCNC(=O)c2ccc(-c3ccccc3)cc2)n1)c1ccccc1. The topological polar surface area (TPSA) is 97.1 Å². The van der Waals surface area contributed by atoms with Crippen molar-refractivity contribution in [2.75, 3.05) is 13.1 Å². The van der Waals surface area contributed by atoms with Crippen LogP contribution < -0.4 is 10.6 Å². The first-order valence-corrected chi connectivity index (χ1v) is 11.2. The van der Waals surface area contributed by atoms with Gasteiger partial charge in [-0.2, -0.15) is 4.98 Å². The van der Waals surface area contributed by atoms with Gasteiger partial charge in [0.1, 0.15) is 0 Å². The molecule has 0 radical (unpaired) electrons. The van der Waals surface area contributed by atoms with E-state index >= 15 is 0 Å². The molecule has 4 rings (SSSR count). The summed E-state index contributed by atoms with van der Waals surface area (Å²) in [5.74, 6) is -0.139. The van der Waals surface area contributed by atoms with Gasteiger partial charge in [-0.3, -0.25) is 9.59 Å². The van der Waals surface area contributed by atoms with Gasteiger partial charge in [-0.05, 0) is 34.7 Å². The van der Waals surface area contributed by atoms with Crippen LogP contribution in [0.4, 0.5) is 0 Å². The Labute approximate surface area is 198 Å². The molecule has 4 aromatic rings. The number of hydrogen-bond donors (Lipinski definition) is 2. The van der Waals surface area contributed by atoms with Crippen molar-refractivity contribution in [1.29, 1.82) is 0 Å². The number of rotatable bonds is 9. The summed E-state index contributed by atoms with van der Waals surface area (Å²) < 4.78 is 5.16. The Balaban J connectivity index is 1.23. The lowest BCUT2D eigenvalue weighted by atomic mass is 10.0. The highest BCUT2D eigenvalue weighted by atomic mass is 16.5. The molecule has 0 aliphatic carbocycles. The van der Waals surface area contributed by atoms with Crippen molar-refractivity contribution < 1.29 is 14.1 Å². The van der Waals surface area contributed by atoms with Gasteiger partial charge in [0.2, 0.25) is 5.89 Å². The Morgan fingerprint density at radius 1 is 0.824 bits per heavy atom. The Morgan fingerprint density at radius 2 is 1.47 bits per heavy atom. The van der Waals surface area contributed by atoms with Crippen molar-refractivity contribution in [2.24, 2.45) is 0 Å². The minimum atomic E-state index is -0.389. The fraction of sp³-hybridized carbons (Fsp3) is 0.185. The summed E-state index contributed by atoms with van der Waals surface area (Å²) in [5.41, 5.74) is 3.85. The highest BCUT2D eigenvalue weighted by Crippen LogP contribution is 2.19. The second kappa shape index (κ2) is 11.0. The minimum Gasteiger partial charge on any atom is -0.352 e. The van der Waals surface area contributed by atoms with Crippen molar-refractivity contribution in [3.8, 4) is 11.1 Å². The number of benzene rings is 3. The monoisotopic (exact) mass is 454 g/mol. The fourth-order valence-electron chi connectivity index (χ4n) is 3.50. The molecule has 172 valence electrons. The number of carbonyl (C=O) groups excluding carboxylic acids is 2. The molecule has 1 unspecified atom stereocenters. The van der Waals surface area contributed by atoms with E-state index in [4.69, 9.17) is 4.52 Å². The van der Waals surface area contributed by atoms with E-state index < -0.39 is 0 Å². The van der Waals surface area contributed by atoms with E-state index in [9.17, 15) is 9.59 Å². The van der Waals surface area contributed by atoms with E-state index in [1.54, 1.807) is 12.1 Å². The van der Waals surface area contributed by atoms with E-state index in [1.807, 2.05) is 79.7 Å². The first-order chi connectivity index (χ1) is 16.6. The molecule has 7 heteroatoms. The molecule has 0 aliphatic rings. The molecule has 2 amide bonds. The molecule has 0 aliphatic heterocycles. The average Bonchev–Trinajstić information content (AvgIpc) is 3.37. The highest BCUT2D eigenvalue weighted by Gasteiger charge is 2.16. The summed E-state index contributed by atoms with van der Waals surface area (Å²) >= 11 is 0. The summed E-state index contributed by atoms with van der Waals surface area (Å²) in [6.45, 7) is 2.81. The number of amides is 2. The predicted molar refractivity (Wildman–Crippen MR) is 129 cm³/mol. The predicted octanol–water partition coefficient (Wildman–Crippen LogP) is 4.24. The van der Waals surface area contributed by atoms with Gasteiger partial charge >= 0.3 is 0 Å². The molecule has 3 aromatic carbocycles. The first kappa shape index (κ1) is 22.9. The lowest BCUT2D eigenvalue weighted by Gasteiger charge is -2.11. The Bertz CT molecular complexity index is 1220. The largest absolute Gasteiger partial charge is 0.352 e. The number of nitrogens with one attached hydrogen (secondary N) is 2. The summed E-state index contributed by atoms with van der Waals surface area (Å²) in [4.78, 5) is 28.9. The van der Waals surface area contributed by atoms with Gasteiger partial charge in [0, 0.05) is 25.1 Å². The Morgan fingerprint density at radius 3 is 2.18 bits per heavy atom. The van der Waals surface area contributed by atoms with E-state index in [0.717, 1.165) is 16.7 Å². The van der Waals surface area contributed by atoms with Crippen LogP contribution in [0, 0.1) is 0 Å². The van der Waals surface area contributed by atoms with Crippen LogP contribution in [0.3, 0.4) is 0 Å². The van der Waals surface area contributed by atoms with Crippen molar-refractivity contribution >= 4 is 11.8 Å². The first-order valence-electron chi connectivity index (χ1n) is 11.2. The van der Waals surface area contributed by atoms with Crippen LogP contribution in [0.25, 0.3) is 11.1 Å². The van der Waals surface area contributed by atoms with Crippen LogP contribution >= 0.6 is 0 Å². The molecule has 1 atom stereocenters. The molecule has 1 heterocycles. The van der Waals surface area contributed by atoms with Crippen LogP contribution in [-0.4, -0.2) is 35.0 Å². The summed E-state index contributed by atoms with van der Waals surface area (Å²) in [6.07, 6.45) is 0.328. The maximum atomic E-state index is 12.4. The maximum absolute atomic E-state index is 12.4. The second-order valence-corrected chi connectivity index (χ2v) is 7.98. The average molecular weight is 455 g/mol. The van der Waals surface area contributed by atoms with Gasteiger partial charge < -0.3 is 15.2 Å². The number of nitrogens with zero attached hydrogens (tertiary/aromatic N) is 2. The lowest BCUT2D eigenvalue weighted by Crippen LogP contribution is -2.28. The van der Waals surface area contributed by atoms with Crippen molar-refractivity contribution in [1.82, 2.24) is 20.8 Å². The van der Waals surface area contributed by atoms with Gasteiger partial charge in [0.15, 0.2) is 0 Å². The molecule has 0 saturated carbocycles. The second-order valence-electron chi connectivity index (χ2n) is 7.98. The smallest absolute Gasteiger partial charge is 0.292 e. The van der Waals surface area contributed by atoms with Crippen LogP contribution in [0.5, 0.6) is 0 Å². The molecule has 0 bridgehead atoms. The summed E-state index contributed by atoms with van der Waals surface area (Å²) in [5, 5.41) is 9.42. The molecule has 7 nitrogen and oxygen atoms in total. The molecule has 34 heavy (non-hydrogen) atoms.